The number of halogens is 1. The molecular formula is C16H21ClN2S. The molecule has 1 N–H and O–H groups in total. The zero-order valence-electron chi connectivity index (χ0n) is 11.5. The van der Waals surface area contributed by atoms with Crippen molar-refractivity contribution in [3.05, 3.63) is 52.0 Å². The molecule has 0 atom stereocenters. The van der Waals surface area contributed by atoms with E-state index in [0.29, 0.717) is 5.92 Å². The van der Waals surface area contributed by atoms with Crippen molar-refractivity contribution in [3.63, 3.8) is 0 Å². The van der Waals surface area contributed by atoms with Crippen LogP contribution in [0.15, 0.2) is 35.7 Å². The fourth-order valence-electron chi connectivity index (χ4n) is 2.61. The van der Waals surface area contributed by atoms with Crippen molar-refractivity contribution in [2.24, 2.45) is 0 Å². The Morgan fingerprint density at radius 2 is 1.85 bits per heavy atom. The Hall–Kier alpha value is -0.900. The van der Waals surface area contributed by atoms with Gasteiger partial charge in [-0.1, -0.05) is 30.3 Å². The Bertz CT molecular complexity index is 506. The number of thiazole rings is 1. The van der Waals surface area contributed by atoms with Crippen LogP contribution in [-0.2, 0) is 12.8 Å². The zero-order valence-corrected chi connectivity index (χ0v) is 13.2. The monoisotopic (exact) mass is 308 g/mol. The lowest BCUT2D eigenvalue weighted by Gasteiger charge is -2.20. The van der Waals surface area contributed by atoms with Gasteiger partial charge in [-0.2, -0.15) is 0 Å². The van der Waals surface area contributed by atoms with Crippen molar-refractivity contribution < 1.29 is 0 Å². The summed E-state index contributed by atoms with van der Waals surface area (Å²) in [4.78, 5) is 4.84. The molecule has 0 saturated carbocycles. The van der Waals surface area contributed by atoms with Crippen molar-refractivity contribution in [2.75, 3.05) is 13.1 Å². The second-order valence-corrected chi connectivity index (χ2v) is 6.08. The van der Waals surface area contributed by atoms with Gasteiger partial charge in [-0.05, 0) is 44.3 Å². The Morgan fingerprint density at radius 3 is 2.60 bits per heavy atom. The van der Waals surface area contributed by atoms with Gasteiger partial charge >= 0.3 is 0 Å². The van der Waals surface area contributed by atoms with E-state index < -0.39 is 0 Å². The molecule has 0 radical (unpaired) electrons. The van der Waals surface area contributed by atoms with Crippen molar-refractivity contribution in [2.45, 2.75) is 31.6 Å². The molecule has 2 heterocycles. The molecule has 1 aromatic heterocycles. The Labute approximate surface area is 131 Å². The molecule has 0 unspecified atom stereocenters. The van der Waals surface area contributed by atoms with E-state index in [-0.39, 0.29) is 12.4 Å². The average Bonchev–Trinajstić information content (AvgIpc) is 2.96. The van der Waals surface area contributed by atoms with Gasteiger partial charge in [0.05, 0.1) is 10.7 Å². The standard InChI is InChI=1S/C16H20N2S.ClH/c1-2-4-13(5-3-1)6-7-15-12-19-16(18-15)14-8-10-17-11-9-14;/h1-5,12,14,17H,6-11H2;1H. The molecule has 1 aromatic carbocycles. The molecule has 0 spiro atoms. The van der Waals surface area contributed by atoms with Gasteiger partial charge in [-0.3, -0.25) is 0 Å². The summed E-state index contributed by atoms with van der Waals surface area (Å²) >= 11 is 1.85. The lowest BCUT2D eigenvalue weighted by molar-refractivity contribution is 0.458. The molecule has 2 nitrogen and oxygen atoms in total. The van der Waals surface area contributed by atoms with Crippen LogP contribution >= 0.6 is 23.7 Å². The number of rotatable bonds is 4. The van der Waals surface area contributed by atoms with Gasteiger partial charge in [0.1, 0.15) is 0 Å². The highest BCUT2D eigenvalue weighted by Gasteiger charge is 2.18. The highest BCUT2D eigenvalue weighted by Crippen LogP contribution is 2.28. The predicted molar refractivity (Wildman–Crippen MR) is 88.1 cm³/mol. The fraction of sp³-hybridized carbons (Fsp3) is 0.438. The molecule has 4 heteroatoms. The van der Waals surface area contributed by atoms with E-state index in [1.807, 2.05) is 11.3 Å². The Kier molecular flexibility index (Phi) is 6.02. The largest absolute Gasteiger partial charge is 0.317 e. The average molecular weight is 309 g/mol. The van der Waals surface area contributed by atoms with Crippen molar-refractivity contribution >= 4 is 23.7 Å². The first-order valence-electron chi connectivity index (χ1n) is 7.11. The molecule has 1 aliphatic rings. The maximum Gasteiger partial charge on any atom is 0.0960 e. The van der Waals surface area contributed by atoms with Gasteiger partial charge in [0.25, 0.3) is 0 Å². The predicted octanol–water partition coefficient (Wildman–Crippen LogP) is 3.82. The topological polar surface area (TPSA) is 24.9 Å². The van der Waals surface area contributed by atoms with Crippen LogP contribution in [-0.4, -0.2) is 18.1 Å². The van der Waals surface area contributed by atoms with Crippen molar-refractivity contribution in [3.8, 4) is 0 Å². The molecule has 108 valence electrons. The third-order valence-electron chi connectivity index (χ3n) is 3.77. The Morgan fingerprint density at radius 1 is 1.10 bits per heavy atom. The van der Waals surface area contributed by atoms with Crippen molar-refractivity contribution in [1.82, 2.24) is 10.3 Å². The van der Waals surface area contributed by atoms with Gasteiger partial charge in [-0.25, -0.2) is 4.98 Å². The zero-order chi connectivity index (χ0) is 12.9. The molecular weight excluding hydrogens is 288 g/mol. The van der Waals surface area contributed by atoms with E-state index in [4.69, 9.17) is 4.98 Å². The summed E-state index contributed by atoms with van der Waals surface area (Å²) in [7, 11) is 0. The van der Waals surface area contributed by atoms with Crippen LogP contribution in [0.5, 0.6) is 0 Å². The van der Waals surface area contributed by atoms with Gasteiger partial charge in [-0.15, -0.1) is 23.7 Å². The number of hydrogen-bond donors (Lipinski definition) is 1. The minimum Gasteiger partial charge on any atom is -0.317 e. The van der Waals surface area contributed by atoms with E-state index in [1.54, 1.807) is 0 Å². The number of nitrogens with zero attached hydrogens (tertiary/aromatic N) is 1. The summed E-state index contributed by atoms with van der Waals surface area (Å²) in [6.07, 6.45) is 4.64. The van der Waals surface area contributed by atoms with E-state index in [1.165, 1.54) is 29.1 Å². The van der Waals surface area contributed by atoms with Gasteiger partial charge in [0.2, 0.25) is 0 Å². The first-order valence-corrected chi connectivity index (χ1v) is 7.99. The van der Waals surface area contributed by atoms with Gasteiger partial charge in [0.15, 0.2) is 0 Å². The summed E-state index contributed by atoms with van der Waals surface area (Å²) in [5.74, 6) is 0.691. The van der Waals surface area contributed by atoms with E-state index in [9.17, 15) is 0 Å². The van der Waals surface area contributed by atoms with Crippen LogP contribution in [0.2, 0.25) is 0 Å². The summed E-state index contributed by atoms with van der Waals surface area (Å²) in [6, 6.07) is 10.7. The molecule has 1 fully saturated rings. The first-order chi connectivity index (χ1) is 9.42. The highest BCUT2D eigenvalue weighted by molar-refractivity contribution is 7.09. The van der Waals surface area contributed by atoms with Crippen molar-refractivity contribution in [1.29, 1.82) is 0 Å². The summed E-state index contributed by atoms with van der Waals surface area (Å²) in [6.45, 7) is 2.28. The first kappa shape index (κ1) is 15.5. The normalized spacial score (nSPS) is 15.8. The maximum absolute atomic E-state index is 4.84. The summed E-state index contributed by atoms with van der Waals surface area (Å²) < 4.78 is 0. The molecule has 0 bridgehead atoms. The number of aryl methyl sites for hydroxylation is 2. The van der Waals surface area contributed by atoms with Crippen LogP contribution < -0.4 is 5.32 Å². The minimum absolute atomic E-state index is 0. The van der Waals surface area contributed by atoms with Crippen LogP contribution in [0.25, 0.3) is 0 Å². The lowest BCUT2D eigenvalue weighted by Crippen LogP contribution is -2.26. The van der Waals surface area contributed by atoms with E-state index >= 15 is 0 Å². The van der Waals surface area contributed by atoms with Crippen LogP contribution in [0.1, 0.15) is 35.0 Å². The maximum atomic E-state index is 4.84. The summed E-state index contributed by atoms with van der Waals surface area (Å²) in [5, 5.41) is 7.02. The molecule has 1 saturated heterocycles. The number of piperidine rings is 1. The number of benzene rings is 1. The highest BCUT2D eigenvalue weighted by atomic mass is 35.5. The molecule has 0 amide bonds. The molecule has 2 aromatic rings. The SMILES string of the molecule is Cl.c1ccc(CCc2csc(C3CCNCC3)n2)cc1. The number of nitrogens with one attached hydrogen (secondary N) is 1. The van der Waals surface area contributed by atoms with Crippen LogP contribution in [0.4, 0.5) is 0 Å². The lowest BCUT2D eigenvalue weighted by atomic mass is 9.99. The van der Waals surface area contributed by atoms with Crippen LogP contribution in [0, 0.1) is 0 Å². The fourth-order valence-corrected chi connectivity index (χ4v) is 3.64. The third-order valence-corrected chi connectivity index (χ3v) is 4.83. The molecule has 3 rings (SSSR count). The number of hydrogen-bond acceptors (Lipinski definition) is 3. The smallest absolute Gasteiger partial charge is 0.0960 e. The van der Waals surface area contributed by atoms with Crippen LogP contribution in [0.3, 0.4) is 0 Å². The van der Waals surface area contributed by atoms with Gasteiger partial charge in [0, 0.05) is 11.3 Å². The quantitative estimate of drug-likeness (QED) is 0.929. The second-order valence-electron chi connectivity index (χ2n) is 5.19. The van der Waals surface area contributed by atoms with E-state index in [0.717, 1.165) is 25.9 Å². The second kappa shape index (κ2) is 7.77. The molecule has 0 aliphatic carbocycles. The third kappa shape index (κ3) is 4.05. The number of aromatic nitrogens is 1. The van der Waals surface area contributed by atoms with E-state index in [2.05, 4.69) is 41.0 Å². The Balaban J connectivity index is 0.00000147. The molecule has 1 aliphatic heterocycles. The van der Waals surface area contributed by atoms with Gasteiger partial charge < -0.3 is 5.32 Å². The molecule has 20 heavy (non-hydrogen) atoms. The minimum atomic E-state index is 0. The summed E-state index contributed by atoms with van der Waals surface area (Å²) in [5.41, 5.74) is 2.67.